The van der Waals surface area contributed by atoms with Gasteiger partial charge in [-0.15, -0.1) is 5.10 Å². The summed E-state index contributed by atoms with van der Waals surface area (Å²) in [6.45, 7) is 2.64. The van der Waals surface area contributed by atoms with Crippen LogP contribution in [-0.4, -0.2) is 27.6 Å². The summed E-state index contributed by atoms with van der Waals surface area (Å²) in [7, 11) is 0. The van der Waals surface area contributed by atoms with Gasteiger partial charge in [0.15, 0.2) is 5.69 Å². The number of aromatic nitrogens is 3. The Morgan fingerprint density at radius 1 is 1.61 bits per heavy atom. The maximum atomic E-state index is 11.6. The first kappa shape index (κ1) is 12.3. The topological polar surface area (TPSA) is 96.2 Å². The molecule has 18 heavy (non-hydrogen) atoms. The molecular weight excluding hydrogens is 236 g/mol. The number of furan rings is 1. The molecule has 0 amide bonds. The van der Waals surface area contributed by atoms with Gasteiger partial charge in [0.05, 0.1) is 31.4 Å². The predicted octanol–water partition coefficient (Wildman–Crippen LogP) is 0.555. The summed E-state index contributed by atoms with van der Waals surface area (Å²) in [6, 6.07) is 1.81. The number of hydrogen-bond donors (Lipinski definition) is 1. The summed E-state index contributed by atoms with van der Waals surface area (Å²) < 4.78 is 11.4. The van der Waals surface area contributed by atoms with Crippen LogP contribution in [0.5, 0.6) is 0 Å². The first-order chi connectivity index (χ1) is 8.76. The number of hydrogen-bond acceptors (Lipinski definition) is 6. The van der Waals surface area contributed by atoms with Gasteiger partial charge >= 0.3 is 5.97 Å². The van der Waals surface area contributed by atoms with E-state index in [1.165, 1.54) is 0 Å². The van der Waals surface area contributed by atoms with Crippen molar-refractivity contribution in [1.82, 2.24) is 15.0 Å². The van der Waals surface area contributed by atoms with Crippen molar-refractivity contribution in [2.24, 2.45) is 5.73 Å². The highest BCUT2D eigenvalue weighted by atomic mass is 16.5. The van der Waals surface area contributed by atoms with E-state index < -0.39 is 5.97 Å². The molecule has 0 aromatic carbocycles. The Kier molecular flexibility index (Phi) is 3.73. The molecule has 0 aliphatic heterocycles. The second-order valence-corrected chi connectivity index (χ2v) is 3.60. The van der Waals surface area contributed by atoms with Crippen molar-refractivity contribution in [2.45, 2.75) is 20.0 Å². The van der Waals surface area contributed by atoms with Crippen LogP contribution < -0.4 is 5.73 Å². The van der Waals surface area contributed by atoms with Crippen LogP contribution in [0.2, 0.25) is 0 Å². The molecule has 0 radical (unpaired) electrons. The molecule has 7 heteroatoms. The number of rotatable bonds is 5. The fourth-order valence-corrected chi connectivity index (χ4v) is 1.58. The van der Waals surface area contributed by atoms with Crippen LogP contribution in [0.25, 0.3) is 0 Å². The van der Waals surface area contributed by atoms with Gasteiger partial charge in [0.1, 0.15) is 0 Å². The van der Waals surface area contributed by atoms with E-state index in [1.807, 2.05) is 6.07 Å². The minimum atomic E-state index is -0.503. The molecule has 0 spiro atoms. The fraction of sp³-hybridized carbons (Fsp3) is 0.364. The van der Waals surface area contributed by atoms with E-state index in [1.54, 1.807) is 24.1 Å². The van der Waals surface area contributed by atoms with E-state index in [0.29, 0.717) is 12.2 Å². The number of nitrogens with two attached hydrogens (primary N) is 1. The van der Waals surface area contributed by atoms with E-state index in [9.17, 15) is 4.79 Å². The van der Waals surface area contributed by atoms with Crippen molar-refractivity contribution >= 4 is 5.97 Å². The highest BCUT2D eigenvalue weighted by molar-refractivity contribution is 5.88. The largest absolute Gasteiger partial charge is 0.472 e. The van der Waals surface area contributed by atoms with Gasteiger partial charge in [0.2, 0.25) is 0 Å². The monoisotopic (exact) mass is 250 g/mol. The van der Waals surface area contributed by atoms with Crippen LogP contribution in [0.1, 0.15) is 28.7 Å². The third kappa shape index (κ3) is 2.40. The van der Waals surface area contributed by atoms with Gasteiger partial charge in [0.25, 0.3) is 0 Å². The third-order valence-corrected chi connectivity index (χ3v) is 2.41. The van der Waals surface area contributed by atoms with Crippen LogP contribution in [-0.2, 0) is 17.8 Å². The molecular formula is C11H14N4O3. The molecule has 0 atom stereocenters. The number of ether oxygens (including phenoxy) is 1. The highest BCUT2D eigenvalue weighted by Gasteiger charge is 2.19. The average Bonchev–Trinajstić information content (AvgIpc) is 2.99. The average molecular weight is 250 g/mol. The molecule has 0 fully saturated rings. The zero-order valence-electron chi connectivity index (χ0n) is 10.00. The summed E-state index contributed by atoms with van der Waals surface area (Å²) in [5.41, 5.74) is 7.27. The van der Waals surface area contributed by atoms with Gasteiger partial charge in [-0.3, -0.25) is 0 Å². The van der Waals surface area contributed by atoms with Gasteiger partial charge in [0, 0.05) is 12.1 Å². The van der Waals surface area contributed by atoms with Crippen molar-refractivity contribution < 1.29 is 13.9 Å². The lowest BCUT2D eigenvalue weighted by molar-refractivity contribution is 0.0518. The van der Waals surface area contributed by atoms with Crippen LogP contribution in [0.4, 0.5) is 0 Å². The van der Waals surface area contributed by atoms with Crippen molar-refractivity contribution in [3.63, 3.8) is 0 Å². The summed E-state index contributed by atoms with van der Waals surface area (Å²) in [5.74, 6) is -0.503. The smallest absolute Gasteiger partial charge is 0.360 e. The van der Waals surface area contributed by atoms with Gasteiger partial charge in [-0.1, -0.05) is 5.21 Å². The summed E-state index contributed by atoms with van der Waals surface area (Å²) in [6.07, 6.45) is 3.17. The van der Waals surface area contributed by atoms with E-state index in [2.05, 4.69) is 10.3 Å². The van der Waals surface area contributed by atoms with Crippen LogP contribution in [0.15, 0.2) is 23.0 Å². The van der Waals surface area contributed by atoms with E-state index in [-0.39, 0.29) is 18.8 Å². The molecule has 2 aromatic heterocycles. The van der Waals surface area contributed by atoms with Crippen molar-refractivity contribution in [2.75, 3.05) is 6.61 Å². The zero-order valence-corrected chi connectivity index (χ0v) is 10.00. The second kappa shape index (κ2) is 5.46. The van der Waals surface area contributed by atoms with E-state index >= 15 is 0 Å². The Balaban J connectivity index is 2.24. The normalized spacial score (nSPS) is 10.6. The number of nitrogens with zero attached hydrogens (tertiary/aromatic N) is 3. The maximum Gasteiger partial charge on any atom is 0.360 e. The first-order valence-corrected chi connectivity index (χ1v) is 5.56. The Morgan fingerprint density at radius 2 is 2.44 bits per heavy atom. The first-order valence-electron chi connectivity index (χ1n) is 5.56. The molecule has 0 bridgehead atoms. The molecule has 2 rings (SSSR count). The third-order valence-electron chi connectivity index (χ3n) is 2.41. The quantitative estimate of drug-likeness (QED) is 0.778. The van der Waals surface area contributed by atoms with E-state index in [0.717, 1.165) is 5.56 Å². The molecule has 2 aromatic rings. The molecule has 0 unspecified atom stereocenters. The van der Waals surface area contributed by atoms with Gasteiger partial charge in [-0.2, -0.15) is 0 Å². The Labute approximate surface area is 104 Å². The maximum absolute atomic E-state index is 11.6. The Morgan fingerprint density at radius 3 is 3.06 bits per heavy atom. The minimum Gasteiger partial charge on any atom is -0.472 e. The van der Waals surface area contributed by atoms with Gasteiger partial charge < -0.3 is 14.9 Å². The number of carbonyl (C=O) groups is 1. The molecule has 0 aliphatic carbocycles. The van der Waals surface area contributed by atoms with Crippen molar-refractivity contribution in [1.29, 1.82) is 0 Å². The van der Waals surface area contributed by atoms with Gasteiger partial charge in [-0.25, -0.2) is 9.48 Å². The molecule has 0 aliphatic rings. The van der Waals surface area contributed by atoms with Crippen LogP contribution >= 0.6 is 0 Å². The lowest BCUT2D eigenvalue weighted by Gasteiger charge is -2.04. The van der Waals surface area contributed by atoms with Crippen molar-refractivity contribution in [3.8, 4) is 0 Å². The predicted molar refractivity (Wildman–Crippen MR) is 61.7 cm³/mol. The number of esters is 1. The standard InChI is InChI=1S/C11H14N4O3/c1-2-18-11(16)10-9(5-12)15(14-13-10)6-8-3-4-17-7-8/h3-4,7H,2,5-6,12H2,1H3. The molecule has 2 heterocycles. The van der Waals surface area contributed by atoms with Crippen molar-refractivity contribution in [3.05, 3.63) is 35.5 Å². The highest BCUT2D eigenvalue weighted by Crippen LogP contribution is 2.10. The molecule has 0 saturated heterocycles. The molecule has 2 N–H and O–H groups in total. The minimum absolute atomic E-state index is 0.166. The lowest BCUT2D eigenvalue weighted by Crippen LogP contribution is -2.14. The second-order valence-electron chi connectivity index (χ2n) is 3.60. The Bertz CT molecular complexity index is 518. The zero-order chi connectivity index (χ0) is 13.0. The lowest BCUT2D eigenvalue weighted by atomic mass is 10.3. The Hall–Kier alpha value is -2.15. The molecule has 96 valence electrons. The summed E-state index contributed by atoms with van der Waals surface area (Å²) >= 11 is 0. The summed E-state index contributed by atoms with van der Waals surface area (Å²) in [4.78, 5) is 11.6. The van der Waals surface area contributed by atoms with Gasteiger partial charge in [-0.05, 0) is 13.0 Å². The van der Waals surface area contributed by atoms with Crippen LogP contribution in [0.3, 0.4) is 0 Å². The van der Waals surface area contributed by atoms with Crippen LogP contribution in [0, 0.1) is 0 Å². The fourth-order valence-electron chi connectivity index (χ4n) is 1.58. The summed E-state index contributed by atoms with van der Waals surface area (Å²) in [5, 5.41) is 7.72. The van der Waals surface area contributed by atoms with E-state index in [4.69, 9.17) is 14.9 Å². The number of carbonyl (C=O) groups excluding carboxylic acids is 1. The molecule has 0 saturated carbocycles. The SMILES string of the molecule is CCOC(=O)c1nnn(Cc2ccoc2)c1CN. The molecule has 7 nitrogen and oxygen atoms in total.